The topological polar surface area (TPSA) is 66.8 Å². The van der Waals surface area contributed by atoms with E-state index in [0.29, 0.717) is 6.61 Å². The first kappa shape index (κ1) is 9.22. The molecule has 0 aromatic carbocycles. The summed E-state index contributed by atoms with van der Waals surface area (Å²) in [5.74, 6) is -0.867. The Hall–Kier alpha value is -0.870. The quantitative estimate of drug-likeness (QED) is 0.445. The normalized spacial score (nSPS) is 11.4. The number of rotatable bonds is 7. The second-order valence-electron chi connectivity index (χ2n) is 1.86. The number of aliphatic hydroxyl groups excluding tert-OH is 1. The molecule has 0 bridgehead atoms. The average molecular weight is 179 g/mol. The van der Waals surface area contributed by atoms with E-state index in [1.807, 2.05) is 0 Å². The third-order valence-corrected chi connectivity index (χ3v) is 0.937. The van der Waals surface area contributed by atoms with Gasteiger partial charge in [-0.05, 0) is 0 Å². The fourth-order valence-corrected chi connectivity index (χ4v) is 0.447. The Balaban J connectivity index is 0. The minimum atomic E-state index is -0.867. The van der Waals surface area contributed by atoms with Crippen molar-refractivity contribution in [1.82, 2.24) is 0 Å². The van der Waals surface area contributed by atoms with Crippen LogP contribution in [0.1, 0.15) is 15.2 Å². The van der Waals surface area contributed by atoms with Crippen LogP contribution in [-0.4, -0.2) is 37.4 Å². The number of hydrogen-bond donors (Lipinski definition) is 2. The lowest BCUT2D eigenvalue weighted by molar-refractivity contribution is -0.138. The molecule has 0 aliphatic rings. The Morgan fingerprint density at radius 3 is 3.08 bits per heavy atom. The second-order valence-corrected chi connectivity index (χ2v) is 1.86. The third kappa shape index (κ3) is 11.9. The highest BCUT2D eigenvalue weighted by Gasteiger charge is 1.93. The second kappa shape index (κ2) is 10.1. The fraction of sp³-hybridized carbons (Fsp3) is 0.625. The predicted molar refractivity (Wildman–Crippen MR) is 46.0 cm³/mol. The van der Waals surface area contributed by atoms with Gasteiger partial charge < -0.3 is 15.0 Å². The Kier molecular flexibility index (Phi) is 7.78. The SMILES string of the molecule is [2H]OC/C=C/COCCC(=O)O.[3H]C. The van der Waals surface area contributed by atoms with Gasteiger partial charge in [0, 0.05) is 1.37 Å². The minimum absolute atomic E-state index is 0.0167. The van der Waals surface area contributed by atoms with Gasteiger partial charge in [-0.25, -0.2) is 0 Å². The lowest BCUT2D eigenvalue weighted by atomic mass is 10.5. The van der Waals surface area contributed by atoms with Gasteiger partial charge in [-0.15, -0.1) is 0 Å². The molecule has 0 unspecified atom stereocenters. The molecule has 0 aliphatic heterocycles. The van der Waals surface area contributed by atoms with E-state index in [1.54, 1.807) is 12.2 Å². The van der Waals surface area contributed by atoms with Gasteiger partial charge in [-0.3, -0.25) is 4.79 Å². The van der Waals surface area contributed by atoms with E-state index in [9.17, 15) is 4.79 Å². The van der Waals surface area contributed by atoms with Gasteiger partial charge in [0.1, 0.15) is 0 Å². The van der Waals surface area contributed by atoms with E-state index in [4.69, 9.17) is 12.6 Å². The molecule has 12 heavy (non-hydrogen) atoms. The molecule has 0 rings (SSSR count). The van der Waals surface area contributed by atoms with E-state index in [-0.39, 0.29) is 19.6 Å². The highest BCUT2D eigenvalue weighted by molar-refractivity contribution is 5.66. The van der Waals surface area contributed by atoms with Crippen LogP contribution in [0.5, 0.6) is 0 Å². The summed E-state index contributed by atoms with van der Waals surface area (Å²) in [6, 6.07) is 0. The van der Waals surface area contributed by atoms with Crippen molar-refractivity contribution in [3.63, 3.8) is 0 Å². The van der Waals surface area contributed by atoms with Crippen molar-refractivity contribution in [2.75, 3.05) is 19.8 Å². The summed E-state index contributed by atoms with van der Waals surface area (Å²) in [7, 11) is 1.25. The number of ether oxygens (including phenoxy) is 1. The van der Waals surface area contributed by atoms with E-state index in [0.717, 1.165) is 0 Å². The highest BCUT2D eigenvalue weighted by atomic mass is 16.5. The van der Waals surface area contributed by atoms with Crippen molar-refractivity contribution < 1.29 is 21.1 Å². The molecule has 4 heteroatoms. The molecule has 0 amide bonds. The van der Waals surface area contributed by atoms with Crippen molar-refractivity contribution in [3.05, 3.63) is 12.2 Å². The van der Waals surface area contributed by atoms with Crippen molar-refractivity contribution in [3.8, 4) is 0 Å². The molecule has 0 aromatic rings. The monoisotopic (exact) mass is 179 g/mol. The van der Waals surface area contributed by atoms with Crippen LogP contribution >= 0.6 is 0 Å². The van der Waals surface area contributed by atoms with E-state index in [1.165, 1.54) is 7.40 Å². The Morgan fingerprint density at radius 1 is 1.75 bits per heavy atom. The van der Waals surface area contributed by atoms with Crippen molar-refractivity contribution in [1.29, 1.82) is 1.43 Å². The molecular weight excluding hydrogens is 160 g/mol. The third-order valence-electron chi connectivity index (χ3n) is 0.937. The lowest BCUT2D eigenvalue weighted by Crippen LogP contribution is -2.02. The summed E-state index contributed by atoms with van der Waals surface area (Å²) < 4.78 is 17.0. The molecule has 72 valence electrons. The summed E-state index contributed by atoms with van der Waals surface area (Å²) in [6.07, 6.45) is 3.33. The van der Waals surface area contributed by atoms with Gasteiger partial charge in [0.25, 0.3) is 0 Å². The fourth-order valence-electron chi connectivity index (χ4n) is 0.447. The predicted octanol–water partition coefficient (Wildman–Crippen LogP) is 0.662. The van der Waals surface area contributed by atoms with Crippen LogP contribution in [0.2, 0.25) is 0 Å². The van der Waals surface area contributed by atoms with Gasteiger partial charge in [0.05, 0.1) is 26.2 Å². The first-order valence-electron chi connectivity index (χ1n) is 4.71. The number of aliphatic hydroxyl groups is 1. The standard InChI is InChI=1S/C7H12O4.CH4/c8-4-1-2-5-11-6-3-7(9)10;/h1-2,8H,3-6H2,(H,9,10);1H4/b2-1+;/i8D;1T. The maximum Gasteiger partial charge on any atom is 0.305 e. The zero-order valence-electron chi connectivity index (χ0n) is 9.16. The maximum atomic E-state index is 9.99. The largest absolute Gasteiger partial charge is 0.481 e. The molecule has 4 nitrogen and oxygen atoms in total. The van der Waals surface area contributed by atoms with E-state index in [2.05, 4.69) is 5.11 Å². The van der Waals surface area contributed by atoms with Crippen molar-refractivity contribution >= 4 is 5.97 Å². The summed E-state index contributed by atoms with van der Waals surface area (Å²) in [5, 5.41) is 12.2. The number of hydrogen-bond acceptors (Lipinski definition) is 3. The molecule has 0 aliphatic carbocycles. The molecule has 0 heterocycles. The maximum absolute atomic E-state index is 9.99. The van der Waals surface area contributed by atoms with Gasteiger partial charge >= 0.3 is 5.97 Å². The van der Waals surface area contributed by atoms with E-state index < -0.39 is 5.97 Å². The molecule has 0 fully saturated rings. The molecular formula is C8H16O4. The molecule has 0 radical (unpaired) electrons. The number of carbonyl (C=O) groups is 1. The molecule has 2 N–H and O–H groups in total. The molecule has 0 saturated heterocycles. The van der Waals surface area contributed by atoms with Crippen LogP contribution in [0.3, 0.4) is 0 Å². The van der Waals surface area contributed by atoms with Crippen LogP contribution in [0.25, 0.3) is 0 Å². The van der Waals surface area contributed by atoms with Crippen LogP contribution in [-0.2, 0) is 9.53 Å². The summed E-state index contributed by atoms with van der Waals surface area (Å²) >= 11 is 0. The van der Waals surface area contributed by atoms with Gasteiger partial charge in [-0.1, -0.05) is 19.6 Å². The Bertz CT molecular complexity index is 150. The van der Waals surface area contributed by atoms with Crippen LogP contribution in [0, 0.1) is 0 Å². The number of carboxylic acids is 1. The molecule has 0 atom stereocenters. The minimum Gasteiger partial charge on any atom is -0.481 e. The van der Waals surface area contributed by atoms with Crippen LogP contribution < -0.4 is 0 Å². The Labute approximate surface area is 75.4 Å². The van der Waals surface area contributed by atoms with Gasteiger partial charge in [0.2, 0.25) is 1.43 Å². The Morgan fingerprint density at radius 2 is 2.50 bits per heavy atom. The first-order valence-corrected chi connectivity index (χ1v) is 3.30. The van der Waals surface area contributed by atoms with Crippen LogP contribution in [0.15, 0.2) is 12.2 Å². The zero-order valence-corrected chi connectivity index (χ0v) is 7.16. The van der Waals surface area contributed by atoms with Gasteiger partial charge in [-0.2, -0.15) is 0 Å². The van der Waals surface area contributed by atoms with Gasteiger partial charge in [0.15, 0.2) is 0 Å². The summed E-state index contributed by atoms with van der Waals surface area (Å²) in [6.45, 7) is 0.792. The number of carboxylic acid groups (broad SMARTS) is 1. The summed E-state index contributed by atoms with van der Waals surface area (Å²) in [5.41, 5.74) is 0. The smallest absolute Gasteiger partial charge is 0.305 e. The summed E-state index contributed by atoms with van der Waals surface area (Å²) in [4.78, 5) is 9.99. The first-order chi connectivity index (χ1) is 6.77. The lowest BCUT2D eigenvalue weighted by Gasteiger charge is -1.95. The average Bonchev–Trinajstić information content (AvgIpc) is 2.19. The van der Waals surface area contributed by atoms with E-state index >= 15 is 0 Å². The molecule has 0 saturated carbocycles. The molecule has 0 aromatic heterocycles. The zero-order chi connectivity index (χ0) is 11.2. The number of aliphatic carboxylic acids is 1. The van der Waals surface area contributed by atoms with Crippen LogP contribution in [0.4, 0.5) is 0 Å². The highest BCUT2D eigenvalue weighted by Crippen LogP contribution is 1.83. The van der Waals surface area contributed by atoms with Crippen molar-refractivity contribution in [2.45, 2.75) is 13.8 Å². The van der Waals surface area contributed by atoms with Crippen molar-refractivity contribution in [2.24, 2.45) is 0 Å². The molecule has 0 spiro atoms.